The van der Waals surface area contributed by atoms with Crippen LogP contribution < -0.4 is 0 Å². The number of benzene rings is 1. The van der Waals surface area contributed by atoms with Gasteiger partial charge in [0.05, 0.1) is 0 Å². The Morgan fingerprint density at radius 3 is 3.00 bits per heavy atom. The van der Waals surface area contributed by atoms with Crippen molar-refractivity contribution in [3.8, 4) is 0 Å². The number of carbonyl (C=O) groups is 1. The molecule has 0 aliphatic carbocycles. The summed E-state index contributed by atoms with van der Waals surface area (Å²) in [7, 11) is 0. The molecule has 2 aromatic rings. The number of aldehydes is 1. The lowest BCUT2D eigenvalue weighted by Crippen LogP contribution is -1.84. The topological polar surface area (TPSA) is 30.0 Å². The van der Waals surface area contributed by atoms with Gasteiger partial charge in [-0.1, -0.05) is 23.4 Å². The highest BCUT2D eigenvalue weighted by Crippen LogP contribution is 2.32. The van der Waals surface area contributed by atoms with Crippen LogP contribution in [-0.2, 0) is 0 Å². The van der Waals surface area contributed by atoms with Gasteiger partial charge < -0.3 is 0 Å². The lowest BCUT2D eigenvalue weighted by molar-refractivity contribution is 0.112. The van der Waals surface area contributed by atoms with E-state index in [-0.39, 0.29) is 0 Å². The molecular weight excluding hydrogens is 250 g/mol. The van der Waals surface area contributed by atoms with Crippen molar-refractivity contribution in [2.75, 3.05) is 0 Å². The fraction of sp³-hybridized carbons (Fsp3) is 0. The molecule has 0 radical (unpaired) electrons. The van der Waals surface area contributed by atoms with Gasteiger partial charge in [-0.2, -0.15) is 0 Å². The van der Waals surface area contributed by atoms with Gasteiger partial charge in [-0.25, -0.2) is 4.98 Å². The predicted octanol–water partition coefficient (Wildman–Crippen LogP) is 3.76. The van der Waals surface area contributed by atoms with Crippen LogP contribution in [0, 0.1) is 0 Å². The highest BCUT2D eigenvalue weighted by molar-refractivity contribution is 8.01. The van der Waals surface area contributed by atoms with E-state index in [1.165, 1.54) is 11.8 Å². The quantitative estimate of drug-likeness (QED) is 0.783. The minimum Gasteiger partial charge on any atom is -0.298 e. The van der Waals surface area contributed by atoms with E-state index in [9.17, 15) is 4.79 Å². The smallest absolute Gasteiger partial charge is 0.154 e. The SMILES string of the molecule is O=Cc1cc(Cl)ccc1Sc1nccs1. The molecule has 5 heteroatoms. The van der Waals surface area contributed by atoms with Gasteiger partial charge >= 0.3 is 0 Å². The summed E-state index contributed by atoms with van der Waals surface area (Å²) in [5, 5.41) is 2.47. The van der Waals surface area contributed by atoms with Gasteiger partial charge in [0, 0.05) is 27.1 Å². The van der Waals surface area contributed by atoms with Crippen molar-refractivity contribution in [1.82, 2.24) is 4.98 Å². The van der Waals surface area contributed by atoms with Crippen LogP contribution in [0.3, 0.4) is 0 Å². The number of rotatable bonds is 3. The predicted molar refractivity (Wildman–Crippen MR) is 63.1 cm³/mol. The van der Waals surface area contributed by atoms with E-state index in [0.29, 0.717) is 10.6 Å². The number of carbonyl (C=O) groups excluding carboxylic acids is 1. The van der Waals surface area contributed by atoms with E-state index < -0.39 is 0 Å². The fourth-order valence-corrected chi connectivity index (χ4v) is 2.89. The highest BCUT2D eigenvalue weighted by Gasteiger charge is 2.06. The van der Waals surface area contributed by atoms with Crippen molar-refractivity contribution in [2.45, 2.75) is 9.24 Å². The minimum atomic E-state index is 0.570. The van der Waals surface area contributed by atoms with Gasteiger partial charge in [0.25, 0.3) is 0 Å². The number of hydrogen-bond donors (Lipinski definition) is 0. The summed E-state index contributed by atoms with van der Waals surface area (Å²) >= 11 is 8.81. The van der Waals surface area contributed by atoms with Gasteiger partial charge in [0.1, 0.15) is 0 Å². The molecule has 0 saturated carbocycles. The summed E-state index contributed by atoms with van der Waals surface area (Å²) in [5.41, 5.74) is 0.600. The fourth-order valence-electron chi connectivity index (χ4n) is 1.06. The second-order valence-corrected chi connectivity index (χ2v) is 5.32. The Balaban J connectivity index is 2.32. The number of halogens is 1. The first-order valence-corrected chi connectivity index (χ1v) is 6.19. The molecule has 0 unspecified atom stereocenters. The molecule has 2 rings (SSSR count). The monoisotopic (exact) mass is 255 g/mol. The maximum Gasteiger partial charge on any atom is 0.154 e. The van der Waals surface area contributed by atoms with E-state index in [1.807, 2.05) is 11.4 Å². The first kappa shape index (κ1) is 10.7. The van der Waals surface area contributed by atoms with Crippen LogP contribution in [0.1, 0.15) is 10.4 Å². The van der Waals surface area contributed by atoms with Crippen LogP contribution in [0.5, 0.6) is 0 Å². The Morgan fingerprint density at radius 2 is 2.33 bits per heavy atom. The second kappa shape index (κ2) is 4.79. The average molecular weight is 256 g/mol. The van der Waals surface area contributed by atoms with Crippen LogP contribution >= 0.6 is 34.7 Å². The number of aromatic nitrogens is 1. The first-order valence-electron chi connectivity index (χ1n) is 4.11. The summed E-state index contributed by atoms with van der Waals surface area (Å²) in [4.78, 5) is 15.8. The standard InChI is InChI=1S/C10H6ClNOS2/c11-8-1-2-9(7(5-8)6-13)15-10-12-3-4-14-10/h1-6H. The van der Waals surface area contributed by atoms with Gasteiger partial charge in [0.15, 0.2) is 10.6 Å². The molecule has 0 aliphatic heterocycles. The van der Waals surface area contributed by atoms with E-state index in [2.05, 4.69) is 4.98 Å². The van der Waals surface area contributed by atoms with Gasteiger partial charge in [-0.15, -0.1) is 11.3 Å². The van der Waals surface area contributed by atoms with Crippen molar-refractivity contribution in [3.63, 3.8) is 0 Å². The Hall–Kier alpha value is -0.840. The third-order valence-electron chi connectivity index (χ3n) is 1.71. The molecular formula is C10H6ClNOS2. The molecule has 76 valence electrons. The van der Waals surface area contributed by atoms with Crippen LogP contribution in [0.25, 0.3) is 0 Å². The molecule has 15 heavy (non-hydrogen) atoms. The molecule has 0 atom stereocenters. The van der Waals surface area contributed by atoms with Crippen molar-refractivity contribution >= 4 is 41.0 Å². The van der Waals surface area contributed by atoms with Crippen LogP contribution in [0.15, 0.2) is 39.0 Å². The average Bonchev–Trinajstić information content (AvgIpc) is 2.73. The van der Waals surface area contributed by atoms with Gasteiger partial charge in [-0.05, 0) is 18.2 Å². The molecule has 1 aromatic heterocycles. The first-order chi connectivity index (χ1) is 7.29. The molecule has 2 nitrogen and oxygen atoms in total. The third kappa shape index (κ3) is 2.59. The molecule has 0 spiro atoms. The largest absolute Gasteiger partial charge is 0.298 e. The van der Waals surface area contributed by atoms with Gasteiger partial charge in [0.2, 0.25) is 0 Å². The molecule has 1 heterocycles. The summed E-state index contributed by atoms with van der Waals surface area (Å²) in [6, 6.07) is 5.26. The van der Waals surface area contributed by atoms with Crippen LogP contribution in [0.2, 0.25) is 5.02 Å². The summed E-state index contributed by atoms with van der Waals surface area (Å²) < 4.78 is 0.917. The van der Waals surface area contributed by atoms with Crippen LogP contribution in [-0.4, -0.2) is 11.3 Å². The van der Waals surface area contributed by atoms with Crippen molar-refractivity contribution in [3.05, 3.63) is 40.4 Å². The number of thiazole rings is 1. The lowest BCUT2D eigenvalue weighted by Gasteiger charge is -2.01. The van der Waals surface area contributed by atoms with E-state index in [4.69, 9.17) is 11.6 Å². The third-order valence-corrected chi connectivity index (χ3v) is 3.92. The highest BCUT2D eigenvalue weighted by atomic mass is 35.5. The summed E-state index contributed by atoms with van der Waals surface area (Å²) in [6.07, 6.45) is 2.55. The Morgan fingerprint density at radius 1 is 1.47 bits per heavy atom. The van der Waals surface area contributed by atoms with E-state index in [1.54, 1.807) is 29.7 Å². The summed E-state index contributed by atoms with van der Waals surface area (Å²) in [6.45, 7) is 0. The Kier molecular flexibility index (Phi) is 3.41. The number of hydrogen-bond acceptors (Lipinski definition) is 4. The molecule has 0 amide bonds. The van der Waals surface area contributed by atoms with E-state index >= 15 is 0 Å². The maximum absolute atomic E-state index is 10.8. The van der Waals surface area contributed by atoms with Crippen molar-refractivity contribution in [2.24, 2.45) is 0 Å². The normalized spacial score (nSPS) is 10.2. The zero-order valence-electron chi connectivity index (χ0n) is 7.51. The van der Waals surface area contributed by atoms with Gasteiger partial charge in [-0.3, -0.25) is 4.79 Å². The molecule has 0 aliphatic rings. The molecule has 0 N–H and O–H groups in total. The molecule has 0 fully saturated rings. The van der Waals surface area contributed by atoms with Crippen LogP contribution in [0.4, 0.5) is 0 Å². The second-order valence-electron chi connectivity index (χ2n) is 2.70. The number of nitrogens with zero attached hydrogens (tertiary/aromatic N) is 1. The lowest BCUT2D eigenvalue weighted by atomic mass is 10.2. The zero-order valence-corrected chi connectivity index (χ0v) is 9.90. The van der Waals surface area contributed by atoms with E-state index in [0.717, 1.165) is 15.5 Å². The molecule has 0 saturated heterocycles. The minimum absolute atomic E-state index is 0.570. The Labute approximate surface area is 100 Å². The van der Waals surface area contributed by atoms with Crippen molar-refractivity contribution < 1.29 is 4.79 Å². The maximum atomic E-state index is 10.8. The van der Waals surface area contributed by atoms with Crippen molar-refractivity contribution in [1.29, 1.82) is 0 Å². The molecule has 1 aromatic carbocycles. The molecule has 0 bridgehead atoms. The zero-order chi connectivity index (χ0) is 10.7. The summed E-state index contributed by atoms with van der Waals surface area (Å²) in [5.74, 6) is 0. The Bertz CT molecular complexity index is 470.